The molecule has 2 aromatic heterocycles. The van der Waals surface area contributed by atoms with Crippen molar-refractivity contribution in [2.45, 2.75) is 51.2 Å². The first-order valence-corrected chi connectivity index (χ1v) is 15.0. The van der Waals surface area contributed by atoms with E-state index in [2.05, 4.69) is 46.4 Å². The predicted molar refractivity (Wildman–Crippen MR) is 145 cm³/mol. The van der Waals surface area contributed by atoms with Gasteiger partial charge in [0.1, 0.15) is 0 Å². The third-order valence-electron chi connectivity index (χ3n) is 6.45. The lowest BCUT2D eigenvalue weighted by molar-refractivity contribution is -0.115. The molecule has 1 atom stereocenters. The number of sulfone groups is 1. The van der Waals surface area contributed by atoms with Gasteiger partial charge in [-0.3, -0.25) is 9.69 Å². The lowest BCUT2D eigenvalue weighted by atomic mass is 10.0. The molecular formula is C27H29N5O4S2. The second-order valence-corrected chi connectivity index (χ2v) is 13.0. The molecule has 198 valence electrons. The lowest BCUT2D eigenvalue weighted by Crippen LogP contribution is -2.26. The molecule has 4 aromatic rings. The Kier molecular flexibility index (Phi) is 7.17. The Hall–Kier alpha value is -3.41. The summed E-state index contributed by atoms with van der Waals surface area (Å²) in [5.74, 6) is 1.22. The van der Waals surface area contributed by atoms with E-state index in [0.29, 0.717) is 22.8 Å². The van der Waals surface area contributed by atoms with E-state index in [4.69, 9.17) is 9.40 Å². The zero-order chi connectivity index (χ0) is 27.0. The Labute approximate surface area is 225 Å². The quantitative estimate of drug-likeness (QED) is 0.332. The molecule has 1 aliphatic rings. The van der Waals surface area contributed by atoms with E-state index >= 15 is 0 Å². The average Bonchev–Trinajstić information content (AvgIpc) is 3.53. The van der Waals surface area contributed by atoms with Crippen molar-refractivity contribution in [2.24, 2.45) is 5.92 Å². The fourth-order valence-corrected chi connectivity index (χ4v) is 6.39. The predicted octanol–water partition coefficient (Wildman–Crippen LogP) is 4.80. The molecule has 1 unspecified atom stereocenters. The van der Waals surface area contributed by atoms with E-state index in [9.17, 15) is 13.2 Å². The number of benzene rings is 2. The number of carbonyl (C=O) groups is 1. The topological polar surface area (TPSA) is 118 Å². The average molecular weight is 552 g/mol. The van der Waals surface area contributed by atoms with Crippen LogP contribution in [-0.4, -0.2) is 40.7 Å². The standard InChI is InChI=1S/C27H29N5O4S2/c1-16(2)25-24-22(15-32(25)14-19-5-9-20(10-6-19)26-31-30-17(3)36-26)37-27(29-24)28-23(33)13-18-7-11-21(12-8-18)38(4,34)35/h5-12,16,25H,13-15H2,1-4H3,(H,28,29,33). The van der Waals surface area contributed by atoms with E-state index in [1.807, 2.05) is 12.1 Å². The molecule has 9 nitrogen and oxygen atoms in total. The van der Waals surface area contributed by atoms with Crippen molar-refractivity contribution < 1.29 is 17.6 Å². The van der Waals surface area contributed by atoms with E-state index < -0.39 is 9.84 Å². The van der Waals surface area contributed by atoms with Crippen molar-refractivity contribution in [1.82, 2.24) is 20.1 Å². The van der Waals surface area contributed by atoms with E-state index in [-0.39, 0.29) is 23.3 Å². The molecule has 0 saturated carbocycles. The number of fused-ring (bicyclic) bond motifs is 1. The van der Waals surface area contributed by atoms with E-state index in [0.717, 1.165) is 41.0 Å². The van der Waals surface area contributed by atoms with Gasteiger partial charge in [-0.05, 0) is 41.3 Å². The summed E-state index contributed by atoms with van der Waals surface area (Å²) in [7, 11) is -3.27. The molecule has 0 saturated heterocycles. The number of nitrogens with zero attached hydrogens (tertiary/aromatic N) is 4. The molecule has 0 fully saturated rings. The van der Waals surface area contributed by atoms with Crippen LogP contribution >= 0.6 is 11.3 Å². The minimum atomic E-state index is -3.27. The molecule has 1 N–H and O–H groups in total. The number of aryl methyl sites for hydroxylation is 1. The SMILES string of the molecule is Cc1nnc(-c2ccc(CN3Cc4sc(NC(=O)Cc5ccc(S(C)(=O)=O)cc5)nc4C3C(C)C)cc2)o1. The summed E-state index contributed by atoms with van der Waals surface area (Å²) >= 11 is 1.51. The van der Waals surface area contributed by atoms with Crippen LogP contribution in [0.3, 0.4) is 0 Å². The molecule has 1 aliphatic heterocycles. The number of rotatable bonds is 8. The van der Waals surface area contributed by atoms with Gasteiger partial charge in [0.25, 0.3) is 0 Å². The number of carbonyl (C=O) groups excluding carboxylic acids is 1. The van der Waals surface area contributed by atoms with E-state index in [1.54, 1.807) is 19.1 Å². The Balaban J connectivity index is 1.23. The van der Waals surface area contributed by atoms with Gasteiger partial charge in [0.05, 0.1) is 23.1 Å². The second kappa shape index (κ2) is 10.4. The minimum absolute atomic E-state index is 0.146. The number of amides is 1. The zero-order valence-corrected chi connectivity index (χ0v) is 23.3. The van der Waals surface area contributed by atoms with Crippen LogP contribution in [0, 0.1) is 12.8 Å². The smallest absolute Gasteiger partial charge is 0.247 e. The van der Waals surface area contributed by atoms with Gasteiger partial charge >= 0.3 is 0 Å². The summed E-state index contributed by atoms with van der Waals surface area (Å²) in [6.45, 7) is 7.69. The number of hydrogen-bond acceptors (Lipinski definition) is 9. The van der Waals surface area contributed by atoms with Crippen molar-refractivity contribution in [3.63, 3.8) is 0 Å². The fourth-order valence-electron chi connectivity index (χ4n) is 4.71. The monoisotopic (exact) mass is 551 g/mol. The third-order valence-corrected chi connectivity index (χ3v) is 8.55. The first-order chi connectivity index (χ1) is 18.1. The molecular weight excluding hydrogens is 522 g/mol. The lowest BCUT2D eigenvalue weighted by Gasteiger charge is -2.27. The number of aromatic nitrogens is 3. The van der Waals surface area contributed by atoms with Crippen LogP contribution in [0.1, 0.15) is 47.5 Å². The molecule has 1 amide bonds. The van der Waals surface area contributed by atoms with Crippen LogP contribution in [0.2, 0.25) is 0 Å². The van der Waals surface area contributed by atoms with Crippen molar-refractivity contribution in [2.75, 3.05) is 11.6 Å². The van der Waals surface area contributed by atoms with Gasteiger partial charge in [0.15, 0.2) is 15.0 Å². The molecule has 0 bridgehead atoms. The number of nitrogens with one attached hydrogen (secondary N) is 1. The van der Waals surface area contributed by atoms with Crippen molar-refractivity contribution in [3.05, 3.63) is 76.1 Å². The summed E-state index contributed by atoms with van der Waals surface area (Å²) < 4.78 is 28.8. The van der Waals surface area contributed by atoms with Gasteiger partial charge in [-0.15, -0.1) is 21.5 Å². The molecule has 38 heavy (non-hydrogen) atoms. The minimum Gasteiger partial charge on any atom is -0.421 e. The number of anilines is 1. The van der Waals surface area contributed by atoms with Gasteiger partial charge in [0.2, 0.25) is 17.7 Å². The van der Waals surface area contributed by atoms with E-state index in [1.165, 1.54) is 29.0 Å². The molecule has 2 aromatic carbocycles. The van der Waals surface area contributed by atoms with Gasteiger partial charge in [-0.2, -0.15) is 0 Å². The van der Waals surface area contributed by atoms with Crippen LogP contribution in [0.5, 0.6) is 0 Å². The first-order valence-electron chi connectivity index (χ1n) is 12.3. The summed E-state index contributed by atoms with van der Waals surface area (Å²) in [5.41, 5.74) is 3.84. The van der Waals surface area contributed by atoms with Gasteiger partial charge < -0.3 is 9.73 Å². The second-order valence-electron chi connectivity index (χ2n) is 9.89. The molecule has 0 spiro atoms. The Bertz CT molecular complexity index is 1560. The molecule has 5 rings (SSSR count). The van der Waals surface area contributed by atoms with Gasteiger partial charge in [0, 0.05) is 36.7 Å². The van der Waals surface area contributed by atoms with Gasteiger partial charge in [-0.1, -0.05) is 38.1 Å². The van der Waals surface area contributed by atoms with Crippen molar-refractivity contribution in [1.29, 1.82) is 0 Å². The van der Waals surface area contributed by atoms with Crippen LogP contribution in [0.4, 0.5) is 5.13 Å². The Morgan fingerprint density at radius 3 is 2.39 bits per heavy atom. The molecule has 11 heteroatoms. The van der Waals surface area contributed by atoms with Crippen LogP contribution in [-0.2, 0) is 34.1 Å². The third kappa shape index (κ3) is 5.69. The highest BCUT2D eigenvalue weighted by atomic mass is 32.2. The highest BCUT2D eigenvalue weighted by Gasteiger charge is 2.36. The summed E-state index contributed by atoms with van der Waals surface area (Å²) in [6.07, 6.45) is 1.31. The maximum absolute atomic E-state index is 12.7. The number of thiazole rings is 1. The Morgan fingerprint density at radius 1 is 1.11 bits per heavy atom. The largest absolute Gasteiger partial charge is 0.421 e. The Morgan fingerprint density at radius 2 is 1.79 bits per heavy atom. The van der Waals surface area contributed by atoms with Crippen molar-refractivity contribution in [3.8, 4) is 11.5 Å². The maximum Gasteiger partial charge on any atom is 0.247 e. The highest BCUT2D eigenvalue weighted by Crippen LogP contribution is 2.43. The van der Waals surface area contributed by atoms with Crippen LogP contribution in [0.15, 0.2) is 57.8 Å². The maximum atomic E-state index is 12.7. The zero-order valence-electron chi connectivity index (χ0n) is 21.6. The number of hydrogen-bond donors (Lipinski definition) is 1. The van der Waals surface area contributed by atoms with Crippen LogP contribution < -0.4 is 5.32 Å². The summed E-state index contributed by atoms with van der Waals surface area (Å²) in [6, 6.07) is 14.7. The van der Waals surface area contributed by atoms with Crippen molar-refractivity contribution >= 4 is 32.2 Å². The fraction of sp³-hybridized carbons (Fsp3) is 0.333. The molecule has 0 radical (unpaired) electrons. The first kappa shape index (κ1) is 26.2. The van der Waals surface area contributed by atoms with Gasteiger partial charge in [-0.25, -0.2) is 13.4 Å². The summed E-state index contributed by atoms with van der Waals surface area (Å²) in [4.78, 5) is 21.3. The highest BCUT2D eigenvalue weighted by molar-refractivity contribution is 7.90. The normalized spacial score (nSPS) is 15.7. The van der Waals surface area contributed by atoms with Crippen LogP contribution in [0.25, 0.3) is 11.5 Å². The molecule has 0 aliphatic carbocycles. The molecule has 3 heterocycles. The summed E-state index contributed by atoms with van der Waals surface area (Å²) in [5, 5.41) is 11.5.